The summed E-state index contributed by atoms with van der Waals surface area (Å²) in [5.74, 6) is -0.245. The smallest absolute Gasteiger partial charge is 0.276 e. The van der Waals surface area contributed by atoms with Crippen molar-refractivity contribution in [3.8, 4) is 0 Å². The first kappa shape index (κ1) is 18.7. The Kier molecular flexibility index (Phi) is 5.56. The number of aromatic amines is 2. The molecule has 0 bridgehead atoms. The highest BCUT2D eigenvalue weighted by Crippen LogP contribution is 2.06. The van der Waals surface area contributed by atoms with Gasteiger partial charge in [0.2, 0.25) is 5.91 Å². The lowest BCUT2D eigenvalue weighted by Gasteiger charge is -2.16. The van der Waals surface area contributed by atoms with E-state index in [1.165, 1.54) is 6.07 Å². The van der Waals surface area contributed by atoms with Crippen LogP contribution in [0.2, 0.25) is 0 Å². The third-order valence-electron chi connectivity index (χ3n) is 4.47. The molecule has 3 aromatic rings. The number of hydrogen-bond acceptors (Lipinski definition) is 4. The Morgan fingerprint density at radius 1 is 1.26 bits per heavy atom. The Balaban J connectivity index is 1.65. The van der Waals surface area contributed by atoms with E-state index in [2.05, 4.69) is 15.4 Å². The van der Waals surface area contributed by atoms with Gasteiger partial charge in [0.15, 0.2) is 0 Å². The largest absolute Gasteiger partial charge is 0.394 e. The summed E-state index contributed by atoms with van der Waals surface area (Å²) in [4.78, 5) is 39.2. The van der Waals surface area contributed by atoms with Crippen molar-refractivity contribution >= 4 is 11.6 Å². The van der Waals surface area contributed by atoms with E-state index in [0.717, 1.165) is 10.1 Å². The number of fused-ring (bicyclic) bond motifs is 1. The molecule has 0 spiro atoms. The van der Waals surface area contributed by atoms with E-state index in [1.807, 2.05) is 30.3 Å². The van der Waals surface area contributed by atoms with Gasteiger partial charge in [0, 0.05) is 23.7 Å². The van der Waals surface area contributed by atoms with Gasteiger partial charge < -0.3 is 15.4 Å². The maximum atomic E-state index is 12.5. The zero-order valence-electron chi connectivity index (χ0n) is 15.0. The predicted octanol–water partition coefficient (Wildman–Crippen LogP) is 0.277. The van der Waals surface area contributed by atoms with Gasteiger partial charge in [-0.3, -0.25) is 19.5 Å². The van der Waals surface area contributed by atoms with Crippen molar-refractivity contribution in [1.29, 1.82) is 0 Å². The van der Waals surface area contributed by atoms with Crippen LogP contribution in [0.3, 0.4) is 0 Å². The van der Waals surface area contributed by atoms with E-state index in [0.29, 0.717) is 23.3 Å². The Hall–Kier alpha value is -3.13. The molecule has 0 radical (unpaired) electrons. The van der Waals surface area contributed by atoms with E-state index in [-0.39, 0.29) is 42.5 Å². The fraction of sp³-hybridized carbons (Fsp3) is 0.316. The number of aliphatic hydroxyl groups is 1. The molecule has 0 saturated heterocycles. The molecule has 4 N–H and O–H groups in total. The molecular formula is C19H22N4O4. The molecule has 2 aromatic heterocycles. The van der Waals surface area contributed by atoms with Crippen molar-refractivity contribution in [3.05, 3.63) is 73.9 Å². The normalized spacial score (nSPS) is 12.2. The van der Waals surface area contributed by atoms with E-state index >= 15 is 0 Å². The lowest BCUT2D eigenvalue weighted by Crippen LogP contribution is -2.39. The number of aryl methyl sites for hydroxylation is 1. The number of hydrogen-bond donors (Lipinski definition) is 4. The summed E-state index contributed by atoms with van der Waals surface area (Å²) in [6.07, 6.45) is 0.859. The van der Waals surface area contributed by atoms with Crippen LogP contribution in [0.15, 0.2) is 46.0 Å². The molecule has 8 heteroatoms. The Morgan fingerprint density at radius 2 is 2.00 bits per heavy atom. The van der Waals surface area contributed by atoms with Gasteiger partial charge in [-0.25, -0.2) is 4.52 Å². The number of aromatic nitrogens is 3. The highest BCUT2D eigenvalue weighted by atomic mass is 16.3. The molecule has 142 valence electrons. The van der Waals surface area contributed by atoms with Crippen molar-refractivity contribution in [2.75, 3.05) is 6.61 Å². The molecule has 0 saturated carbocycles. The molecule has 2 heterocycles. The van der Waals surface area contributed by atoms with Gasteiger partial charge in [0.25, 0.3) is 11.1 Å². The van der Waals surface area contributed by atoms with Gasteiger partial charge in [-0.15, -0.1) is 0 Å². The summed E-state index contributed by atoms with van der Waals surface area (Å²) in [5, 5.41) is 14.8. The second kappa shape index (κ2) is 8.05. The van der Waals surface area contributed by atoms with Crippen LogP contribution < -0.4 is 16.4 Å². The molecule has 3 rings (SSSR count). The quantitative estimate of drug-likeness (QED) is 0.477. The third kappa shape index (κ3) is 4.35. The fourth-order valence-electron chi connectivity index (χ4n) is 3.10. The van der Waals surface area contributed by atoms with E-state index in [4.69, 9.17) is 0 Å². The minimum atomic E-state index is -0.387. The standard InChI is InChI=1S/C19H22N4O4/c1-12-15(19(27)23-16(20-12)10-18(26)22-23)7-8-17(25)21-14(11-24)9-13-5-3-2-4-6-13/h2-6,10,14,20,24H,7-9,11H2,1H3,(H,21,25)(H,22,26)/t14-/m0/s1. The number of carbonyl (C=O) groups is 1. The average molecular weight is 370 g/mol. The van der Waals surface area contributed by atoms with E-state index < -0.39 is 0 Å². The summed E-state index contributed by atoms with van der Waals surface area (Å²) in [6, 6.07) is 10.5. The topological polar surface area (TPSA) is 119 Å². The Bertz CT molecular complexity index is 1050. The number of nitrogens with zero attached hydrogens (tertiary/aromatic N) is 1. The SMILES string of the molecule is Cc1[nH]c2cc(=O)[nH]n2c(=O)c1CCC(=O)N[C@H](CO)Cc1ccccc1. The van der Waals surface area contributed by atoms with Crippen LogP contribution in [0.5, 0.6) is 0 Å². The van der Waals surface area contributed by atoms with Crippen molar-refractivity contribution in [3.63, 3.8) is 0 Å². The Morgan fingerprint density at radius 3 is 2.70 bits per heavy atom. The number of H-pyrrole nitrogens is 2. The number of benzene rings is 1. The number of nitrogens with one attached hydrogen (secondary N) is 3. The summed E-state index contributed by atoms with van der Waals surface area (Å²) in [5.41, 5.74) is 1.75. The van der Waals surface area contributed by atoms with E-state index in [1.54, 1.807) is 6.92 Å². The van der Waals surface area contributed by atoms with Crippen LogP contribution in [-0.4, -0.2) is 38.3 Å². The van der Waals surface area contributed by atoms with Gasteiger partial charge in [0.1, 0.15) is 5.65 Å². The first-order valence-electron chi connectivity index (χ1n) is 8.75. The molecular weight excluding hydrogens is 348 g/mol. The molecule has 1 amide bonds. The van der Waals surface area contributed by atoms with Crippen LogP contribution in [-0.2, 0) is 17.6 Å². The maximum Gasteiger partial charge on any atom is 0.276 e. The average Bonchev–Trinajstić information content (AvgIpc) is 3.02. The molecule has 0 aliphatic rings. The van der Waals surface area contributed by atoms with Crippen LogP contribution >= 0.6 is 0 Å². The minimum Gasteiger partial charge on any atom is -0.394 e. The zero-order valence-corrected chi connectivity index (χ0v) is 15.0. The molecule has 0 aliphatic heterocycles. The van der Waals surface area contributed by atoms with Gasteiger partial charge in [0.05, 0.1) is 12.6 Å². The van der Waals surface area contributed by atoms with Crippen LogP contribution in [0, 0.1) is 6.92 Å². The zero-order chi connectivity index (χ0) is 19.4. The maximum absolute atomic E-state index is 12.5. The number of rotatable bonds is 7. The predicted molar refractivity (Wildman–Crippen MR) is 101 cm³/mol. The highest BCUT2D eigenvalue weighted by molar-refractivity contribution is 5.76. The van der Waals surface area contributed by atoms with Crippen molar-refractivity contribution in [2.24, 2.45) is 0 Å². The van der Waals surface area contributed by atoms with E-state index in [9.17, 15) is 19.5 Å². The van der Waals surface area contributed by atoms with Gasteiger partial charge in [-0.05, 0) is 25.3 Å². The first-order valence-corrected chi connectivity index (χ1v) is 8.75. The van der Waals surface area contributed by atoms with Crippen molar-refractivity contribution < 1.29 is 9.90 Å². The molecule has 1 atom stereocenters. The van der Waals surface area contributed by atoms with Crippen molar-refractivity contribution in [2.45, 2.75) is 32.2 Å². The number of amides is 1. The molecule has 0 unspecified atom stereocenters. The second-order valence-electron chi connectivity index (χ2n) is 6.51. The summed E-state index contributed by atoms with van der Waals surface area (Å²) >= 11 is 0. The van der Waals surface area contributed by atoms with Gasteiger partial charge in [-0.1, -0.05) is 30.3 Å². The molecule has 1 aromatic carbocycles. The number of carbonyl (C=O) groups excluding carboxylic acids is 1. The van der Waals surface area contributed by atoms with Gasteiger partial charge >= 0.3 is 0 Å². The summed E-state index contributed by atoms with van der Waals surface area (Å²) in [6.45, 7) is 1.56. The molecule has 27 heavy (non-hydrogen) atoms. The molecule has 0 fully saturated rings. The first-order chi connectivity index (χ1) is 13.0. The minimum absolute atomic E-state index is 0.103. The third-order valence-corrected chi connectivity index (χ3v) is 4.47. The lowest BCUT2D eigenvalue weighted by molar-refractivity contribution is -0.122. The summed E-state index contributed by atoms with van der Waals surface area (Å²) in [7, 11) is 0. The lowest BCUT2D eigenvalue weighted by atomic mass is 10.1. The second-order valence-corrected chi connectivity index (χ2v) is 6.51. The highest BCUT2D eigenvalue weighted by Gasteiger charge is 2.15. The van der Waals surface area contributed by atoms with Crippen LogP contribution in [0.25, 0.3) is 5.65 Å². The molecule has 0 aliphatic carbocycles. The fourth-order valence-corrected chi connectivity index (χ4v) is 3.10. The molecule has 8 nitrogen and oxygen atoms in total. The van der Waals surface area contributed by atoms with Crippen LogP contribution in [0.4, 0.5) is 0 Å². The van der Waals surface area contributed by atoms with Gasteiger partial charge in [-0.2, -0.15) is 0 Å². The van der Waals surface area contributed by atoms with Crippen molar-refractivity contribution in [1.82, 2.24) is 19.9 Å². The monoisotopic (exact) mass is 370 g/mol. The summed E-state index contributed by atoms with van der Waals surface area (Å²) < 4.78 is 1.15. The Labute approximate surface area is 154 Å². The van der Waals surface area contributed by atoms with Crippen LogP contribution in [0.1, 0.15) is 23.2 Å². The number of aliphatic hydroxyl groups excluding tert-OH is 1.